The second-order valence-corrected chi connectivity index (χ2v) is 10.1. The minimum Gasteiger partial charge on any atom is -0.462 e. The van der Waals surface area contributed by atoms with Gasteiger partial charge in [0.25, 0.3) is 0 Å². The lowest BCUT2D eigenvalue weighted by Crippen LogP contribution is -2.54. The largest absolute Gasteiger partial charge is 0.462 e. The number of fused-ring (bicyclic) bond motifs is 5. The molecular formula is C24H34O3. The summed E-state index contributed by atoms with van der Waals surface area (Å²) in [5.74, 6) is 2.65. The number of carbonyl (C=O) groups is 2. The van der Waals surface area contributed by atoms with Crippen LogP contribution in [0, 0.1) is 34.5 Å². The van der Waals surface area contributed by atoms with Crippen LogP contribution in [0.1, 0.15) is 72.1 Å². The summed E-state index contributed by atoms with van der Waals surface area (Å²) in [6.07, 6.45) is 12.4. The van der Waals surface area contributed by atoms with Crippen molar-refractivity contribution in [2.45, 2.75) is 78.2 Å². The van der Waals surface area contributed by atoms with Gasteiger partial charge in [-0.25, -0.2) is 0 Å². The lowest BCUT2D eigenvalue weighted by molar-refractivity contribution is -0.158. The summed E-state index contributed by atoms with van der Waals surface area (Å²) in [5.41, 5.74) is 1.69. The Morgan fingerprint density at radius 1 is 1.26 bits per heavy atom. The first-order chi connectivity index (χ1) is 12.8. The predicted molar refractivity (Wildman–Crippen MR) is 106 cm³/mol. The number of allylic oxidation sites excluding steroid dienone is 2. The average Bonchev–Trinajstić information content (AvgIpc) is 2.92. The van der Waals surface area contributed by atoms with Gasteiger partial charge in [-0.2, -0.15) is 0 Å². The van der Waals surface area contributed by atoms with Gasteiger partial charge in [-0.1, -0.05) is 25.5 Å². The highest BCUT2D eigenvalue weighted by molar-refractivity contribution is 5.91. The third-order valence-corrected chi connectivity index (χ3v) is 8.83. The fourth-order valence-electron chi connectivity index (χ4n) is 7.50. The molecule has 0 aromatic heterocycles. The monoisotopic (exact) mass is 370 g/mol. The fraction of sp³-hybridized carbons (Fsp3) is 0.750. The van der Waals surface area contributed by atoms with Crippen LogP contribution in [0.3, 0.4) is 0 Å². The molecular weight excluding hydrogens is 336 g/mol. The summed E-state index contributed by atoms with van der Waals surface area (Å²) >= 11 is 0. The summed E-state index contributed by atoms with van der Waals surface area (Å²) in [4.78, 5) is 23.8. The Labute approximate surface area is 163 Å². The van der Waals surface area contributed by atoms with Crippen molar-refractivity contribution in [2.75, 3.05) is 0 Å². The summed E-state index contributed by atoms with van der Waals surface area (Å²) < 4.78 is 5.79. The number of ketones is 1. The van der Waals surface area contributed by atoms with Gasteiger partial charge in [-0.15, -0.1) is 6.58 Å². The second kappa shape index (κ2) is 6.60. The van der Waals surface area contributed by atoms with Crippen LogP contribution in [0.15, 0.2) is 24.3 Å². The second-order valence-electron chi connectivity index (χ2n) is 10.1. The molecule has 0 saturated heterocycles. The van der Waals surface area contributed by atoms with Gasteiger partial charge < -0.3 is 4.74 Å². The molecule has 148 valence electrons. The minimum atomic E-state index is -0.141. The maximum atomic E-state index is 12.1. The molecule has 0 radical (unpaired) electrons. The van der Waals surface area contributed by atoms with E-state index in [2.05, 4.69) is 26.5 Å². The first-order valence-electron chi connectivity index (χ1n) is 10.8. The van der Waals surface area contributed by atoms with E-state index in [4.69, 9.17) is 4.74 Å². The Kier molecular flexibility index (Phi) is 4.63. The highest BCUT2D eigenvalue weighted by Crippen LogP contribution is 2.67. The van der Waals surface area contributed by atoms with Crippen molar-refractivity contribution in [3.05, 3.63) is 24.3 Å². The number of ether oxygens (including phenoxy) is 1. The Hall–Kier alpha value is -1.38. The molecule has 0 bridgehead atoms. The molecule has 0 spiro atoms. The molecule has 0 aromatic rings. The SMILES string of the molecule is C=CC[C@H]1CC2=CC(=O)CC[C@]2(C)[C@H]2CC[C@]3(C)[C@@H](OC(C)=O)CC[C@H]3[C@H]12. The average molecular weight is 371 g/mol. The van der Waals surface area contributed by atoms with E-state index >= 15 is 0 Å². The Morgan fingerprint density at radius 2 is 2.04 bits per heavy atom. The van der Waals surface area contributed by atoms with Gasteiger partial charge in [-0.3, -0.25) is 9.59 Å². The van der Waals surface area contributed by atoms with Crippen LogP contribution in [0.2, 0.25) is 0 Å². The van der Waals surface area contributed by atoms with E-state index in [0.29, 0.717) is 35.9 Å². The van der Waals surface area contributed by atoms with Crippen molar-refractivity contribution in [3.8, 4) is 0 Å². The van der Waals surface area contributed by atoms with Crippen LogP contribution in [-0.2, 0) is 14.3 Å². The molecule has 4 aliphatic rings. The maximum Gasteiger partial charge on any atom is 0.302 e. The third kappa shape index (κ3) is 2.84. The zero-order valence-electron chi connectivity index (χ0n) is 17.1. The molecule has 0 aliphatic heterocycles. The number of carbonyl (C=O) groups excluding carboxylic acids is 2. The molecule has 4 aliphatic carbocycles. The van der Waals surface area contributed by atoms with Gasteiger partial charge in [-0.05, 0) is 80.1 Å². The Morgan fingerprint density at radius 3 is 2.74 bits per heavy atom. The van der Waals surface area contributed by atoms with Crippen LogP contribution >= 0.6 is 0 Å². The minimum absolute atomic E-state index is 0.0722. The van der Waals surface area contributed by atoms with Crippen molar-refractivity contribution in [2.24, 2.45) is 34.5 Å². The van der Waals surface area contributed by atoms with Crippen molar-refractivity contribution in [1.82, 2.24) is 0 Å². The van der Waals surface area contributed by atoms with Crippen molar-refractivity contribution < 1.29 is 14.3 Å². The molecule has 0 N–H and O–H groups in total. The van der Waals surface area contributed by atoms with Crippen molar-refractivity contribution in [1.29, 1.82) is 0 Å². The standard InChI is InChI=1S/C24H34O3/c1-5-6-16-13-17-14-18(26)9-11-23(17,3)20-10-12-24(4)19(22(16)20)7-8-21(24)27-15(2)25/h5,14,16,19-22H,1,6-13H2,2-4H3/t16-,19-,20-,21-,22-,23-,24-/m0/s1. The first-order valence-corrected chi connectivity index (χ1v) is 10.8. The van der Waals surface area contributed by atoms with E-state index in [1.807, 2.05) is 6.08 Å². The molecule has 3 heteroatoms. The molecule has 3 nitrogen and oxygen atoms in total. The normalized spacial score (nSPS) is 46.0. The van der Waals surface area contributed by atoms with Gasteiger partial charge in [0.2, 0.25) is 0 Å². The quantitative estimate of drug-likeness (QED) is 0.503. The van der Waals surface area contributed by atoms with Crippen LogP contribution in [0.4, 0.5) is 0 Å². The number of hydrogen-bond donors (Lipinski definition) is 0. The summed E-state index contributed by atoms with van der Waals surface area (Å²) in [6.45, 7) is 10.4. The smallest absolute Gasteiger partial charge is 0.302 e. The lowest BCUT2D eigenvalue weighted by Gasteiger charge is -2.60. The lowest BCUT2D eigenvalue weighted by atomic mass is 9.44. The molecule has 0 heterocycles. The van der Waals surface area contributed by atoms with Crippen molar-refractivity contribution in [3.63, 3.8) is 0 Å². The van der Waals surface area contributed by atoms with Crippen LogP contribution in [0.5, 0.6) is 0 Å². The van der Waals surface area contributed by atoms with Crippen LogP contribution in [-0.4, -0.2) is 17.9 Å². The maximum absolute atomic E-state index is 12.1. The van der Waals surface area contributed by atoms with E-state index in [-0.39, 0.29) is 22.9 Å². The van der Waals surface area contributed by atoms with Crippen LogP contribution in [0.25, 0.3) is 0 Å². The van der Waals surface area contributed by atoms with Gasteiger partial charge in [0.05, 0.1) is 0 Å². The highest BCUT2D eigenvalue weighted by atomic mass is 16.5. The summed E-state index contributed by atoms with van der Waals surface area (Å²) in [6, 6.07) is 0. The van der Waals surface area contributed by atoms with Crippen LogP contribution < -0.4 is 0 Å². The highest BCUT2D eigenvalue weighted by Gasteiger charge is 2.61. The molecule has 0 amide bonds. The molecule has 4 rings (SSSR count). The van der Waals surface area contributed by atoms with Gasteiger partial charge in [0.15, 0.2) is 5.78 Å². The first kappa shape index (κ1) is 19.0. The Bertz CT molecular complexity index is 692. The number of rotatable bonds is 3. The fourth-order valence-corrected chi connectivity index (χ4v) is 7.50. The Balaban J connectivity index is 1.71. The number of esters is 1. The number of hydrogen-bond acceptors (Lipinski definition) is 3. The molecule has 7 atom stereocenters. The summed E-state index contributed by atoms with van der Waals surface area (Å²) in [7, 11) is 0. The zero-order chi connectivity index (χ0) is 19.4. The third-order valence-electron chi connectivity index (χ3n) is 8.83. The molecule has 3 saturated carbocycles. The molecule has 27 heavy (non-hydrogen) atoms. The zero-order valence-corrected chi connectivity index (χ0v) is 17.1. The van der Waals surface area contributed by atoms with E-state index in [9.17, 15) is 9.59 Å². The van der Waals surface area contributed by atoms with E-state index in [0.717, 1.165) is 38.5 Å². The van der Waals surface area contributed by atoms with Gasteiger partial charge >= 0.3 is 5.97 Å². The van der Waals surface area contributed by atoms with E-state index in [1.54, 1.807) is 6.92 Å². The predicted octanol–water partition coefficient (Wildman–Crippen LogP) is 5.25. The van der Waals surface area contributed by atoms with E-state index < -0.39 is 0 Å². The van der Waals surface area contributed by atoms with E-state index in [1.165, 1.54) is 12.0 Å². The van der Waals surface area contributed by atoms with Gasteiger partial charge in [0, 0.05) is 18.8 Å². The molecule has 0 unspecified atom stereocenters. The molecule has 3 fully saturated rings. The summed E-state index contributed by atoms with van der Waals surface area (Å²) in [5, 5.41) is 0. The van der Waals surface area contributed by atoms with Crippen molar-refractivity contribution >= 4 is 11.8 Å². The molecule has 0 aromatic carbocycles. The topological polar surface area (TPSA) is 43.4 Å². The van der Waals surface area contributed by atoms with Gasteiger partial charge in [0.1, 0.15) is 6.10 Å².